The Hall–Kier alpha value is -1.10. The third-order valence-electron chi connectivity index (χ3n) is 2.74. The van der Waals surface area contributed by atoms with Crippen molar-refractivity contribution in [2.24, 2.45) is 0 Å². The van der Waals surface area contributed by atoms with Gasteiger partial charge in [0, 0.05) is 12.7 Å². The largest absolute Gasteiger partial charge is 0.436 e. The van der Waals surface area contributed by atoms with E-state index in [1.807, 2.05) is 31.2 Å². The van der Waals surface area contributed by atoms with E-state index in [4.69, 9.17) is 16.3 Å². The Morgan fingerprint density at radius 3 is 2.80 bits per heavy atom. The van der Waals surface area contributed by atoms with Crippen LogP contribution in [0.25, 0.3) is 0 Å². The molecule has 0 aliphatic carbocycles. The maximum atomic E-state index is 6.21. The number of nitrogens with zero attached hydrogens (tertiary/aromatic N) is 1. The summed E-state index contributed by atoms with van der Waals surface area (Å²) in [6, 6.07) is 7.73. The highest BCUT2D eigenvalue weighted by Crippen LogP contribution is 2.33. The Bertz CT molecular complexity index is 604. The summed E-state index contributed by atoms with van der Waals surface area (Å²) >= 11 is 9.68. The van der Waals surface area contributed by atoms with Gasteiger partial charge < -0.3 is 10.1 Å². The monoisotopic (exact) mass is 354 g/mol. The zero-order valence-electron chi connectivity index (χ0n) is 11.4. The highest BCUT2D eigenvalue weighted by Gasteiger charge is 2.09. The molecule has 3 nitrogen and oxygen atoms in total. The van der Waals surface area contributed by atoms with Gasteiger partial charge in [-0.25, -0.2) is 4.98 Å². The fourth-order valence-electron chi connectivity index (χ4n) is 1.70. The van der Waals surface area contributed by atoms with E-state index in [1.54, 1.807) is 6.20 Å². The van der Waals surface area contributed by atoms with E-state index in [0.29, 0.717) is 16.7 Å². The molecular weight excluding hydrogens is 340 g/mol. The van der Waals surface area contributed by atoms with Crippen molar-refractivity contribution in [3.8, 4) is 11.6 Å². The van der Waals surface area contributed by atoms with E-state index < -0.39 is 0 Å². The quantitative estimate of drug-likeness (QED) is 0.843. The number of ether oxygens (including phenoxy) is 1. The molecule has 2 rings (SSSR count). The second-order valence-corrected chi connectivity index (χ2v) is 5.71. The fourth-order valence-corrected chi connectivity index (χ4v) is 2.50. The molecule has 0 radical (unpaired) electrons. The predicted octanol–water partition coefficient (Wildman–Crippen LogP) is 4.71. The van der Waals surface area contributed by atoms with Crippen LogP contribution in [0.1, 0.15) is 18.1 Å². The Balaban J connectivity index is 2.17. The van der Waals surface area contributed by atoms with Gasteiger partial charge >= 0.3 is 0 Å². The molecule has 20 heavy (non-hydrogen) atoms. The predicted molar refractivity (Wildman–Crippen MR) is 85.6 cm³/mol. The molecule has 106 valence electrons. The van der Waals surface area contributed by atoms with Crippen LogP contribution in [-0.4, -0.2) is 11.5 Å². The molecule has 1 N–H and O–H groups in total. The SMILES string of the molecule is CCNCc1cnc(Oc2ccc(C)cc2Br)c(Cl)c1. The molecule has 0 saturated heterocycles. The molecule has 0 aliphatic rings. The molecule has 2 aromatic rings. The van der Waals surface area contributed by atoms with E-state index in [2.05, 4.69) is 33.2 Å². The normalized spacial score (nSPS) is 10.6. The van der Waals surface area contributed by atoms with Crippen LogP contribution in [0.3, 0.4) is 0 Å². The summed E-state index contributed by atoms with van der Waals surface area (Å²) < 4.78 is 6.63. The van der Waals surface area contributed by atoms with Crippen LogP contribution in [0.15, 0.2) is 34.9 Å². The van der Waals surface area contributed by atoms with Crippen LogP contribution in [0.4, 0.5) is 0 Å². The van der Waals surface area contributed by atoms with Crippen molar-refractivity contribution in [3.63, 3.8) is 0 Å². The van der Waals surface area contributed by atoms with Crippen molar-refractivity contribution >= 4 is 27.5 Å². The second kappa shape index (κ2) is 7.07. The molecule has 0 unspecified atom stereocenters. The zero-order valence-corrected chi connectivity index (χ0v) is 13.8. The van der Waals surface area contributed by atoms with Crippen LogP contribution in [0, 0.1) is 6.92 Å². The summed E-state index contributed by atoms with van der Waals surface area (Å²) in [4.78, 5) is 4.27. The van der Waals surface area contributed by atoms with Crippen molar-refractivity contribution in [3.05, 3.63) is 51.1 Å². The summed E-state index contributed by atoms with van der Waals surface area (Å²) in [6.07, 6.45) is 1.77. The van der Waals surface area contributed by atoms with Crippen molar-refractivity contribution in [2.75, 3.05) is 6.54 Å². The molecule has 0 atom stereocenters. The summed E-state index contributed by atoms with van der Waals surface area (Å²) in [7, 11) is 0. The van der Waals surface area contributed by atoms with Gasteiger partial charge in [0.05, 0.1) is 4.47 Å². The molecular formula is C15H16BrClN2O. The van der Waals surface area contributed by atoms with Crippen molar-refractivity contribution < 1.29 is 4.74 Å². The van der Waals surface area contributed by atoms with Crippen LogP contribution < -0.4 is 10.1 Å². The van der Waals surface area contributed by atoms with Gasteiger partial charge in [-0.15, -0.1) is 0 Å². The first kappa shape index (κ1) is 15.3. The van der Waals surface area contributed by atoms with Gasteiger partial charge in [0.25, 0.3) is 0 Å². The first-order valence-electron chi connectivity index (χ1n) is 6.39. The number of halogens is 2. The average Bonchev–Trinajstić information content (AvgIpc) is 2.42. The van der Waals surface area contributed by atoms with Crippen LogP contribution in [0.5, 0.6) is 11.6 Å². The topological polar surface area (TPSA) is 34.2 Å². The minimum absolute atomic E-state index is 0.413. The molecule has 0 aliphatic heterocycles. The van der Waals surface area contributed by atoms with Gasteiger partial charge in [0.15, 0.2) is 0 Å². The second-order valence-electron chi connectivity index (χ2n) is 4.45. The number of rotatable bonds is 5. The van der Waals surface area contributed by atoms with Crippen LogP contribution >= 0.6 is 27.5 Å². The van der Waals surface area contributed by atoms with Crippen molar-refractivity contribution in [1.29, 1.82) is 0 Å². The lowest BCUT2D eigenvalue weighted by Gasteiger charge is -2.10. The summed E-state index contributed by atoms with van der Waals surface area (Å²) in [5, 5.41) is 3.74. The van der Waals surface area contributed by atoms with E-state index >= 15 is 0 Å². The van der Waals surface area contributed by atoms with Crippen molar-refractivity contribution in [2.45, 2.75) is 20.4 Å². The molecule has 1 heterocycles. The number of hydrogen-bond donors (Lipinski definition) is 1. The van der Waals surface area contributed by atoms with Gasteiger partial charge in [0.1, 0.15) is 10.8 Å². The van der Waals surface area contributed by atoms with E-state index in [-0.39, 0.29) is 0 Å². The molecule has 0 amide bonds. The van der Waals surface area contributed by atoms with Gasteiger partial charge in [-0.1, -0.05) is 24.6 Å². The third kappa shape index (κ3) is 3.95. The highest BCUT2D eigenvalue weighted by molar-refractivity contribution is 9.10. The van der Waals surface area contributed by atoms with Gasteiger partial charge in [-0.3, -0.25) is 0 Å². The lowest BCUT2D eigenvalue weighted by atomic mass is 10.2. The van der Waals surface area contributed by atoms with E-state index in [9.17, 15) is 0 Å². The number of aryl methyl sites for hydroxylation is 1. The summed E-state index contributed by atoms with van der Waals surface area (Å²) in [5.41, 5.74) is 2.19. The lowest BCUT2D eigenvalue weighted by Crippen LogP contribution is -2.11. The maximum absolute atomic E-state index is 6.21. The lowest BCUT2D eigenvalue weighted by molar-refractivity contribution is 0.459. The Morgan fingerprint density at radius 1 is 1.35 bits per heavy atom. The molecule has 1 aromatic heterocycles. The zero-order chi connectivity index (χ0) is 14.5. The molecule has 0 spiro atoms. The first-order chi connectivity index (χ1) is 9.60. The maximum Gasteiger partial charge on any atom is 0.238 e. The number of aromatic nitrogens is 1. The minimum Gasteiger partial charge on any atom is -0.436 e. The molecule has 0 fully saturated rings. The number of benzene rings is 1. The third-order valence-corrected chi connectivity index (χ3v) is 3.63. The molecule has 1 aromatic carbocycles. The minimum atomic E-state index is 0.413. The van der Waals surface area contributed by atoms with E-state index in [1.165, 1.54) is 0 Å². The average molecular weight is 356 g/mol. The highest BCUT2D eigenvalue weighted by atomic mass is 79.9. The number of pyridine rings is 1. The standard InChI is InChI=1S/C15H16BrClN2O/c1-3-18-8-11-7-13(17)15(19-9-11)20-14-5-4-10(2)6-12(14)16/h4-7,9,18H,3,8H2,1-2H3. The number of nitrogens with one attached hydrogen (secondary N) is 1. The van der Waals surface area contributed by atoms with Crippen molar-refractivity contribution in [1.82, 2.24) is 10.3 Å². The van der Waals surface area contributed by atoms with Crippen LogP contribution in [0.2, 0.25) is 5.02 Å². The van der Waals surface area contributed by atoms with Gasteiger partial charge in [0.2, 0.25) is 5.88 Å². The molecule has 0 bridgehead atoms. The number of hydrogen-bond acceptors (Lipinski definition) is 3. The smallest absolute Gasteiger partial charge is 0.238 e. The Labute approximate surface area is 132 Å². The van der Waals surface area contributed by atoms with Crippen LogP contribution in [-0.2, 0) is 6.54 Å². The van der Waals surface area contributed by atoms with Gasteiger partial charge in [-0.2, -0.15) is 0 Å². The Kier molecular flexibility index (Phi) is 5.40. The van der Waals surface area contributed by atoms with E-state index in [0.717, 1.165) is 28.7 Å². The summed E-state index contributed by atoms with van der Waals surface area (Å²) in [6.45, 7) is 5.74. The molecule has 0 saturated carbocycles. The molecule has 5 heteroatoms. The summed E-state index contributed by atoms with van der Waals surface area (Å²) in [5.74, 6) is 1.11. The fraction of sp³-hybridized carbons (Fsp3) is 0.267. The van der Waals surface area contributed by atoms with Gasteiger partial charge in [-0.05, 0) is 58.7 Å². The first-order valence-corrected chi connectivity index (χ1v) is 7.56. The Morgan fingerprint density at radius 2 is 2.15 bits per heavy atom.